The molecule has 0 atom stereocenters. The second-order valence-electron chi connectivity index (χ2n) is 4.07. The molecule has 0 saturated heterocycles. The van der Waals surface area contributed by atoms with Crippen molar-refractivity contribution < 1.29 is 0 Å². The maximum absolute atomic E-state index is 11.8. The van der Waals surface area contributed by atoms with Gasteiger partial charge in [-0.05, 0) is 41.3 Å². The van der Waals surface area contributed by atoms with Gasteiger partial charge in [0.05, 0.1) is 0 Å². The van der Waals surface area contributed by atoms with E-state index in [1.807, 2.05) is 37.3 Å². The van der Waals surface area contributed by atoms with Gasteiger partial charge in [-0.1, -0.05) is 24.3 Å². The van der Waals surface area contributed by atoms with Crippen LogP contribution in [0.3, 0.4) is 0 Å². The Labute approximate surface area is 92.5 Å². The lowest BCUT2D eigenvalue weighted by atomic mass is 10.0. The van der Waals surface area contributed by atoms with Gasteiger partial charge < -0.3 is 4.98 Å². The number of nitrogens with one attached hydrogen (secondary N) is 1. The summed E-state index contributed by atoms with van der Waals surface area (Å²) in [5.74, 6) is 0. The zero-order valence-electron chi connectivity index (χ0n) is 8.95. The maximum atomic E-state index is 11.8. The monoisotopic (exact) mass is 209 g/mol. The molecule has 0 bridgehead atoms. The number of benzene rings is 2. The van der Waals surface area contributed by atoms with Gasteiger partial charge in [0.25, 0.3) is 5.56 Å². The van der Waals surface area contributed by atoms with Crippen molar-refractivity contribution in [2.75, 3.05) is 0 Å². The quantitative estimate of drug-likeness (QED) is 0.567. The molecule has 3 aromatic rings. The highest BCUT2D eigenvalue weighted by Gasteiger charge is 2.01. The molecule has 2 heteroatoms. The van der Waals surface area contributed by atoms with E-state index in [4.69, 9.17) is 0 Å². The van der Waals surface area contributed by atoms with Crippen LogP contribution in [0.25, 0.3) is 21.5 Å². The Hall–Kier alpha value is -2.09. The molecule has 1 N–H and O–H groups in total. The standard InChI is InChI=1S/C14H11NO/c1-9-6-12-7-10-4-2-3-5-11(10)8-13(12)14(16)15-9/h2-8H,1H3,(H,15,16). The van der Waals surface area contributed by atoms with E-state index >= 15 is 0 Å². The first-order valence-electron chi connectivity index (χ1n) is 5.26. The lowest BCUT2D eigenvalue weighted by Gasteiger charge is -2.02. The van der Waals surface area contributed by atoms with Crippen molar-refractivity contribution in [3.8, 4) is 0 Å². The number of H-pyrrole nitrogens is 1. The number of hydrogen-bond acceptors (Lipinski definition) is 1. The molecular weight excluding hydrogens is 198 g/mol. The molecule has 0 fully saturated rings. The summed E-state index contributed by atoms with van der Waals surface area (Å²) in [5, 5.41) is 4.02. The Morgan fingerprint density at radius 2 is 1.62 bits per heavy atom. The Balaban J connectivity index is 2.56. The summed E-state index contributed by atoms with van der Waals surface area (Å²) >= 11 is 0. The molecule has 0 spiro atoms. The summed E-state index contributed by atoms with van der Waals surface area (Å²) in [5.41, 5.74) is 0.883. The molecule has 0 aliphatic heterocycles. The molecule has 16 heavy (non-hydrogen) atoms. The molecule has 0 amide bonds. The van der Waals surface area contributed by atoms with Crippen molar-refractivity contribution >= 4 is 21.5 Å². The van der Waals surface area contributed by atoms with Crippen LogP contribution < -0.4 is 5.56 Å². The fourth-order valence-corrected chi connectivity index (χ4v) is 2.09. The molecule has 0 aliphatic carbocycles. The highest BCUT2D eigenvalue weighted by Crippen LogP contribution is 2.20. The highest BCUT2D eigenvalue weighted by atomic mass is 16.1. The lowest BCUT2D eigenvalue weighted by molar-refractivity contribution is 1.17. The topological polar surface area (TPSA) is 32.9 Å². The van der Waals surface area contributed by atoms with Gasteiger partial charge >= 0.3 is 0 Å². The second kappa shape index (κ2) is 3.20. The van der Waals surface area contributed by atoms with Gasteiger partial charge in [-0.15, -0.1) is 0 Å². The van der Waals surface area contributed by atoms with Crippen LogP contribution in [-0.2, 0) is 0 Å². The Kier molecular flexibility index (Phi) is 1.83. The number of aromatic nitrogens is 1. The van der Waals surface area contributed by atoms with Crippen molar-refractivity contribution in [3.05, 3.63) is 58.5 Å². The van der Waals surface area contributed by atoms with E-state index in [1.165, 1.54) is 5.39 Å². The summed E-state index contributed by atoms with van der Waals surface area (Å²) in [4.78, 5) is 14.6. The number of fused-ring (bicyclic) bond motifs is 2. The molecule has 0 aliphatic rings. The van der Waals surface area contributed by atoms with Crippen LogP contribution in [-0.4, -0.2) is 4.98 Å². The Morgan fingerprint density at radius 3 is 2.38 bits per heavy atom. The van der Waals surface area contributed by atoms with Crippen LogP contribution >= 0.6 is 0 Å². The molecule has 2 aromatic carbocycles. The molecule has 0 unspecified atom stereocenters. The van der Waals surface area contributed by atoms with E-state index in [1.54, 1.807) is 0 Å². The smallest absolute Gasteiger partial charge is 0.256 e. The Morgan fingerprint density at radius 1 is 0.938 bits per heavy atom. The zero-order chi connectivity index (χ0) is 11.1. The van der Waals surface area contributed by atoms with Gasteiger partial charge in [-0.2, -0.15) is 0 Å². The average Bonchev–Trinajstić information content (AvgIpc) is 2.27. The van der Waals surface area contributed by atoms with Crippen LogP contribution in [0.1, 0.15) is 5.69 Å². The van der Waals surface area contributed by atoms with Gasteiger partial charge in [-0.3, -0.25) is 4.79 Å². The summed E-state index contributed by atoms with van der Waals surface area (Å²) in [6.07, 6.45) is 0. The number of pyridine rings is 1. The van der Waals surface area contributed by atoms with Gasteiger partial charge in [0.15, 0.2) is 0 Å². The minimum Gasteiger partial charge on any atom is -0.326 e. The summed E-state index contributed by atoms with van der Waals surface area (Å²) in [6, 6.07) is 14.1. The predicted octanol–water partition coefficient (Wildman–Crippen LogP) is 2.99. The molecule has 78 valence electrons. The fourth-order valence-electron chi connectivity index (χ4n) is 2.09. The van der Waals surface area contributed by atoms with E-state index in [0.29, 0.717) is 0 Å². The first-order chi connectivity index (χ1) is 7.74. The van der Waals surface area contributed by atoms with Crippen molar-refractivity contribution in [1.82, 2.24) is 4.98 Å². The average molecular weight is 209 g/mol. The number of hydrogen-bond donors (Lipinski definition) is 1. The minimum absolute atomic E-state index is 0.0132. The van der Waals surface area contributed by atoms with E-state index < -0.39 is 0 Å². The number of aryl methyl sites for hydroxylation is 1. The van der Waals surface area contributed by atoms with Crippen molar-refractivity contribution in [2.45, 2.75) is 6.92 Å². The Bertz CT molecular complexity index is 740. The second-order valence-corrected chi connectivity index (χ2v) is 4.07. The van der Waals surface area contributed by atoms with Gasteiger partial charge in [0.1, 0.15) is 0 Å². The molecule has 1 aromatic heterocycles. The van der Waals surface area contributed by atoms with E-state index in [0.717, 1.165) is 21.9 Å². The molecule has 0 saturated carbocycles. The summed E-state index contributed by atoms with van der Waals surface area (Å²) in [7, 11) is 0. The SMILES string of the molecule is Cc1cc2cc3ccccc3cc2c(=O)[nH]1. The van der Waals surface area contributed by atoms with Crippen molar-refractivity contribution in [2.24, 2.45) is 0 Å². The van der Waals surface area contributed by atoms with Crippen molar-refractivity contribution in [3.63, 3.8) is 0 Å². The van der Waals surface area contributed by atoms with Crippen LogP contribution in [0.15, 0.2) is 47.3 Å². The third-order valence-electron chi connectivity index (χ3n) is 2.85. The van der Waals surface area contributed by atoms with E-state index in [2.05, 4.69) is 17.1 Å². The van der Waals surface area contributed by atoms with Crippen LogP contribution in [0.2, 0.25) is 0 Å². The van der Waals surface area contributed by atoms with Crippen molar-refractivity contribution in [1.29, 1.82) is 0 Å². The predicted molar refractivity (Wildman–Crippen MR) is 66.8 cm³/mol. The van der Waals surface area contributed by atoms with Crippen LogP contribution in [0.4, 0.5) is 0 Å². The molecule has 3 rings (SSSR count). The maximum Gasteiger partial charge on any atom is 0.256 e. The lowest BCUT2D eigenvalue weighted by Crippen LogP contribution is -2.06. The van der Waals surface area contributed by atoms with E-state index in [-0.39, 0.29) is 5.56 Å². The molecule has 2 nitrogen and oxygen atoms in total. The first kappa shape index (κ1) is 9.16. The van der Waals surface area contributed by atoms with E-state index in [9.17, 15) is 4.79 Å². The highest BCUT2D eigenvalue weighted by molar-refractivity contribution is 5.97. The molecular formula is C14H11NO. The minimum atomic E-state index is -0.0132. The fraction of sp³-hybridized carbons (Fsp3) is 0.0714. The number of aromatic amines is 1. The normalized spacial score (nSPS) is 11.1. The summed E-state index contributed by atoms with van der Waals surface area (Å²) < 4.78 is 0. The number of rotatable bonds is 0. The van der Waals surface area contributed by atoms with Gasteiger partial charge in [0.2, 0.25) is 0 Å². The van der Waals surface area contributed by atoms with Gasteiger partial charge in [0, 0.05) is 11.1 Å². The third kappa shape index (κ3) is 1.31. The van der Waals surface area contributed by atoms with Crippen LogP contribution in [0, 0.1) is 6.92 Å². The zero-order valence-corrected chi connectivity index (χ0v) is 8.95. The largest absolute Gasteiger partial charge is 0.326 e. The molecule has 1 heterocycles. The summed E-state index contributed by atoms with van der Waals surface area (Å²) in [6.45, 7) is 1.90. The van der Waals surface area contributed by atoms with Gasteiger partial charge in [-0.25, -0.2) is 0 Å². The van der Waals surface area contributed by atoms with Crippen LogP contribution in [0.5, 0.6) is 0 Å². The molecule has 0 radical (unpaired) electrons. The third-order valence-corrected chi connectivity index (χ3v) is 2.85. The first-order valence-corrected chi connectivity index (χ1v) is 5.26.